The van der Waals surface area contributed by atoms with Crippen molar-refractivity contribution in [3.05, 3.63) is 41.2 Å². The highest BCUT2D eigenvalue weighted by molar-refractivity contribution is 9.10. The molecule has 4 aromatic heterocycles. The summed E-state index contributed by atoms with van der Waals surface area (Å²) in [5.74, 6) is 1.49. The number of halogens is 1. The van der Waals surface area contributed by atoms with Gasteiger partial charge in [-0.05, 0) is 33.1 Å². The predicted octanol–water partition coefficient (Wildman–Crippen LogP) is 3.71. The van der Waals surface area contributed by atoms with Gasteiger partial charge in [0.05, 0.1) is 6.20 Å². The molecule has 0 spiro atoms. The molecular formula is C18H23BrN7OSSi+. The molecule has 0 radical (unpaired) electrons. The number of fused-ring (bicyclic) bond motifs is 1. The molecule has 8 nitrogen and oxygen atoms in total. The molecule has 4 aromatic rings. The number of aryl methyl sites for hydroxylation is 1. The molecule has 4 rings (SSSR count). The lowest BCUT2D eigenvalue weighted by molar-refractivity contribution is -0.575. The first kappa shape index (κ1) is 20.3. The molecule has 0 bridgehead atoms. The van der Waals surface area contributed by atoms with Gasteiger partial charge in [0.25, 0.3) is 5.13 Å². The number of thiazole rings is 1. The van der Waals surface area contributed by atoms with Crippen LogP contribution in [-0.2, 0) is 11.5 Å². The summed E-state index contributed by atoms with van der Waals surface area (Å²) < 4.78 is 12.1. The van der Waals surface area contributed by atoms with Crippen molar-refractivity contribution in [2.75, 3.05) is 6.61 Å². The van der Waals surface area contributed by atoms with Gasteiger partial charge in [-0.3, -0.25) is 0 Å². The van der Waals surface area contributed by atoms with Crippen molar-refractivity contribution in [2.45, 2.75) is 39.3 Å². The Morgan fingerprint density at radius 2 is 2.07 bits per heavy atom. The Balaban J connectivity index is 1.54. The van der Waals surface area contributed by atoms with Gasteiger partial charge < -0.3 is 4.74 Å². The first-order valence-corrected chi connectivity index (χ1v) is 14.6. The molecule has 0 fully saturated rings. The van der Waals surface area contributed by atoms with Gasteiger partial charge in [-0.2, -0.15) is 4.57 Å². The molecule has 0 saturated carbocycles. The van der Waals surface area contributed by atoms with E-state index in [4.69, 9.17) is 4.74 Å². The van der Waals surface area contributed by atoms with Crippen molar-refractivity contribution in [2.24, 2.45) is 0 Å². The maximum Gasteiger partial charge on any atom is 0.297 e. The highest BCUT2D eigenvalue weighted by atomic mass is 79.9. The summed E-state index contributed by atoms with van der Waals surface area (Å²) in [6.07, 6.45) is 3.62. The number of ether oxygens (including phenoxy) is 1. The van der Waals surface area contributed by atoms with Crippen LogP contribution in [0.2, 0.25) is 25.7 Å². The van der Waals surface area contributed by atoms with Crippen LogP contribution in [0.25, 0.3) is 21.5 Å². The molecule has 0 saturated heterocycles. The molecule has 0 N–H and O–H groups in total. The molecule has 29 heavy (non-hydrogen) atoms. The van der Waals surface area contributed by atoms with Crippen LogP contribution in [0.1, 0.15) is 5.82 Å². The Morgan fingerprint density at radius 1 is 1.24 bits per heavy atom. The summed E-state index contributed by atoms with van der Waals surface area (Å²) in [4.78, 5) is 10.0. The van der Waals surface area contributed by atoms with Crippen molar-refractivity contribution >= 4 is 41.0 Å². The number of rotatable bonds is 7. The largest absolute Gasteiger partial charge is 0.359 e. The van der Waals surface area contributed by atoms with E-state index in [1.165, 1.54) is 11.3 Å². The molecule has 11 heteroatoms. The van der Waals surface area contributed by atoms with Crippen LogP contribution in [0.5, 0.6) is 0 Å². The minimum Gasteiger partial charge on any atom is -0.359 e. The third-order valence-electron chi connectivity index (χ3n) is 4.35. The Morgan fingerprint density at radius 3 is 2.86 bits per heavy atom. The maximum absolute atomic E-state index is 5.76. The highest BCUT2D eigenvalue weighted by Gasteiger charge is 2.24. The van der Waals surface area contributed by atoms with E-state index in [1.54, 1.807) is 11.0 Å². The molecule has 152 valence electrons. The predicted molar refractivity (Wildman–Crippen MR) is 118 cm³/mol. The van der Waals surface area contributed by atoms with E-state index in [0.29, 0.717) is 12.6 Å². The smallest absolute Gasteiger partial charge is 0.297 e. The van der Waals surface area contributed by atoms with Crippen LogP contribution >= 0.6 is 27.3 Å². The fourth-order valence-corrected chi connectivity index (χ4v) is 5.23. The van der Waals surface area contributed by atoms with Crippen molar-refractivity contribution in [3.8, 4) is 15.8 Å². The minimum absolute atomic E-state index is 0.405. The van der Waals surface area contributed by atoms with Crippen LogP contribution in [0, 0.1) is 6.92 Å². The average Bonchev–Trinajstić information content (AvgIpc) is 3.34. The zero-order valence-corrected chi connectivity index (χ0v) is 20.2. The fourth-order valence-electron chi connectivity index (χ4n) is 2.81. The summed E-state index contributed by atoms with van der Waals surface area (Å²) in [6.45, 7) is 10.1. The second-order valence-electron chi connectivity index (χ2n) is 7.96. The Hall–Kier alpha value is -1.95. The van der Waals surface area contributed by atoms with E-state index in [1.807, 2.05) is 40.4 Å². The topological polar surface area (TPSA) is 74.0 Å². The van der Waals surface area contributed by atoms with Crippen LogP contribution in [-0.4, -0.2) is 44.0 Å². The zero-order valence-electron chi connectivity index (χ0n) is 16.8. The van der Waals surface area contributed by atoms with E-state index in [0.717, 1.165) is 38.7 Å². The SMILES string of the molecule is Cc1nn2ccccc2[n+]1-c1nc(Br)c(-c2ncn(COCC[Si](C)(C)C)n2)s1. The molecule has 4 heterocycles. The maximum atomic E-state index is 5.76. The van der Waals surface area contributed by atoms with Gasteiger partial charge in [-0.25, -0.2) is 9.67 Å². The standard InChI is InChI=1S/C18H23BrN7OSSi/c1-13-22-25-8-6-5-7-14(25)26(13)18-21-16(19)15(28-18)17-20-11-24(23-17)12-27-9-10-29(2,3)4/h5-8,11H,9-10,12H2,1-4H3/q+1. The number of nitrogens with zero attached hydrogens (tertiary/aromatic N) is 7. The summed E-state index contributed by atoms with van der Waals surface area (Å²) in [7, 11) is -1.09. The van der Waals surface area contributed by atoms with Crippen LogP contribution < -0.4 is 4.57 Å². The fraction of sp³-hybridized carbons (Fsp3) is 0.389. The van der Waals surface area contributed by atoms with Gasteiger partial charge in [0, 0.05) is 27.7 Å². The van der Waals surface area contributed by atoms with Crippen molar-refractivity contribution in [3.63, 3.8) is 0 Å². The Labute approximate surface area is 182 Å². The summed E-state index contributed by atoms with van der Waals surface area (Å²) >= 11 is 5.09. The van der Waals surface area contributed by atoms with Gasteiger partial charge in [-0.15, -0.1) is 14.6 Å². The number of hydrogen-bond donors (Lipinski definition) is 0. The van der Waals surface area contributed by atoms with Crippen LogP contribution in [0.4, 0.5) is 0 Å². The number of hydrogen-bond acceptors (Lipinski definition) is 6. The van der Waals surface area contributed by atoms with Gasteiger partial charge in [0.1, 0.15) is 17.9 Å². The van der Waals surface area contributed by atoms with E-state index >= 15 is 0 Å². The lowest BCUT2D eigenvalue weighted by atomic mass is 10.5. The second kappa shape index (κ2) is 8.05. The number of aromatic nitrogens is 7. The number of pyridine rings is 1. The Bertz CT molecular complexity index is 1150. The van der Waals surface area contributed by atoms with Gasteiger partial charge in [-0.1, -0.05) is 37.0 Å². The third-order valence-corrected chi connectivity index (χ3v) is 7.93. The highest BCUT2D eigenvalue weighted by Crippen LogP contribution is 2.32. The van der Waals surface area contributed by atoms with Crippen molar-refractivity contribution < 1.29 is 9.30 Å². The molecule has 0 atom stereocenters. The van der Waals surface area contributed by atoms with E-state index in [-0.39, 0.29) is 0 Å². The van der Waals surface area contributed by atoms with Crippen LogP contribution in [0.3, 0.4) is 0 Å². The first-order chi connectivity index (χ1) is 13.8. The molecular weight excluding hydrogens is 470 g/mol. The van der Waals surface area contributed by atoms with Gasteiger partial charge in [0.15, 0.2) is 10.4 Å². The van der Waals surface area contributed by atoms with Crippen LogP contribution in [0.15, 0.2) is 35.3 Å². The molecule has 0 aromatic carbocycles. The molecule has 0 aliphatic carbocycles. The first-order valence-electron chi connectivity index (χ1n) is 9.32. The quantitative estimate of drug-likeness (QED) is 0.223. The monoisotopic (exact) mass is 492 g/mol. The lowest BCUT2D eigenvalue weighted by Crippen LogP contribution is -2.32. The van der Waals surface area contributed by atoms with Crippen molar-refractivity contribution in [1.29, 1.82) is 0 Å². The lowest BCUT2D eigenvalue weighted by Gasteiger charge is -2.15. The minimum atomic E-state index is -1.09. The van der Waals surface area contributed by atoms with Crippen molar-refractivity contribution in [1.82, 2.24) is 29.4 Å². The van der Waals surface area contributed by atoms with E-state index in [2.05, 4.69) is 55.7 Å². The van der Waals surface area contributed by atoms with Gasteiger partial charge in [0.2, 0.25) is 11.5 Å². The third kappa shape index (κ3) is 4.47. The summed E-state index contributed by atoms with van der Waals surface area (Å²) in [5, 5.41) is 9.92. The molecule has 0 aliphatic rings. The summed E-state index contributed by atoms with van der Waals surface area (Å²) in [5.41, 5.74) is 0.951. The second-order valence-corrected chi connectivity index (χ2v) is 15.3. The van der Waals surface area contributed by atoms with Gasteiger partial charge >= 0.3 is 0 Å². The molecule has 0 unspecified atom stereocenters. The van der Waals surface area contributed by atoms with E-state index < -0.39 is 8.07 Å². The average molecular weight is 493 g/mol. The Kier molecular flexibility index (Phi) is 5.64. The van der Waals surface area contributed by atoms with E-state index in [9.17, 15) is 0 Å². The normalized spacial score (nSPS) is 12.2. The molecule has 0 aliphatic heterocycles. The summed E-state index contributed by atoms with van der Waals surface area (Å²) in [6, 6.07) is 7.09. The molecule has 0 amide bonds. The zero-order chi connectivity index (χ0) is 20.6.